The first-order chi connectivity index (χ1) is 13.0. The fraction of sp³-hybridized carbons (Fsp3) is 0.727. The lowest BCUT2D eigenvalue weighted by molar-refractivity contribution is -0.219. The maximum Gasteiger partial charge on any atom is 0.190 e. The minimum absolute atomic E-state index is 0.0363. The van der Waals surface area contributed by atoms with Crippen molar-refractivity contribution in [1.29, 1.82) is 5.41 Å². The summed E-state index contributed by atoms with van der Waals surface area (Å²) < 4.78 is 16.9. The van der Waals surface area contributed by atoms with E-state index in [4.69, 9.17) is 5.41 Å². The molecule has 0 amide bonds. The molecule has 0 radical (unpaired) electrons. The Bertz CT molecular complexity index is 808. The van der Waals surface area contributed by atoms with Crippen LogP contribution in [0.25, 0.3) is 0 Å². The summed E-state index contributed by atoms with van der Waals surface area (Å²) >= 11 is 0. The molecule has 0 aromatic carbocycles. The average Bonchev–Trinajstić information content (AvgIpc) is 2.84. The van der Waals surface area contributed by atoms with Crippen LogP contribution in [0.1, 0.15) is 46.5 Å². The molecular formula is C22H30FNO4. The molecule has 0 aliphatic heterocycles. The molecule has 6 heteroatoms. The summed E-state index contributed by atoms with van der Waals surface area (Å²) in [4.78, 5) is 12.6. The molecule has 4 aliphatic rings. The SMILES string of the molecule is C[C@@H]1C[C@H]2[C@@H]3CCC4=CC(=N)C=C[C@]4(C)[C@@]3(F)[C@@H](O)C[C@]2(C)[C@@]1(O)C(=O)CO. The third-order valence-electron chi connectivity index (χ3n) is 8.82. The van der Waals surface area contributed by atoms with Gasteiger partial charge in [0.25, 0.3) is 0 Å². The number of fused-ring (bicyclic) bond motifs is 5. The van der Waals surface area contributed by atoms with E-state index in [0.29, 0.717) is 25.0 Å². The second-order valence-corrected chi connectivity index (χ2v) is 9.80. The van der Waals surface area contributed by atoms with Crippen LogP contribution in [-0.4, -0.2) is 50.8 Å². The van der Waals surface area contributed by atoms with E-state index in [-0.39, 0.29) is 12.3 Å². The lowest BCUT2D eigenvalue weighted by atomic mass is 9.44. The van der Waals surface area contributed by atoms with Gasteiger partial charge < -0.3 is 20.7 Å². The summed E-state index contributed by atoms with van der Waals surface area (Å²) in [7, 11) is 0. The zero-order chi connectivity index (χ0) is 20.7. The number of aliphatic hydroxyl groups excluding tert-OH is 2. The van der Waals surface area contributed by atoms with E-state index in [1.54, 1.807) is 39.0 Å². The number of aliphatic hydroxyl groups is 3. The highest BCUT2D eigenvalue weighted by atomic mass is 19.1. The molecule has 4 N–H and O–H groups in total. The first-order valence-corrected chi connectivity index (χ1v) is 10.2. The summed E-state index contributed by atoms with van der Waals surface area (Å²) in [6.07, 6.45) is 5.24. The first-order valence-electron chi connectivity index (χ1n) is 10.2. The maximum atomic E-state index is 16.9. The second kappa shape index (κ2) is 5.83. The highest BCUT2D eigenvalue weighted by Gasteiger charge is 2.75. The quantitative estimate of drug-likeness (QED) is 0.580. The van der Waals surface area contributed by atoms with Gasteiger partial charge in [-0.3, -0.25) is 4.79 Å². The molecule has 8 atom stereocenters. The van der Waals surface area contributed by atoms with Gasteiger partial charge in [-0.25, -0.2) is 4.39 Å². The van der Waals surface area contributed by atoms with Crippen LogP contribution in [0.2, 0.25) is 0 Å². The number of hydrogen-bond acceptors (Lipinski definition) is 5. The van der Waals surface area contributed by atoms with Crippen molar-refractivity contribution in [1.82, 2.24) is 0 Å². The summed E-state index contributed by atoms with van der Waals surface area (Å²) in [6.45, 7) is 4.59. The molecule has 3 fully saturated rings. The van der Waals surface area contributed by atoms with Crippen LogP contribution in [0.3, 0.4) is 0 Å². The highest BCUT2D eigenvalue weighted by molar-refractivity contribution is 6.03. The van der Waals surface area contributed by atoms with E-state index < -0.39 is 52.4 Å². The largest absolute Gasteiger partial charge is 0.390 e. The van der Waals surface area contributed by atoms with Crippen molar-refractivity contribution >= 4 is 11.5 Å². The first kappa shape index (κ1) is 19.9. The number of halogens is 1. The van der Waals surface area contributed by atoms with Crippen LogP contribution in [0, 0.1) is 34.0 Å². The summed E-state index contributed by atoms with van der Waals surface area (Å²) in [5.74, 6) is -1.85. The van der Waals surface area contributed by atoms with Gasteiger partial charge in [0, 0.05) is 16.7 Å². The predicted octanol–water partition coefficient (Wildman–Crippen LogP) is 2.35. The Morgan fingerprint density at radius 3 is 2.68 bits per heavy atom. The molecule has 3 saturated carbocycles. The van der Waals surface area contributed by atoms with E-state index in [1.165, 1.54) is 0 Å². The molecule has 0 spiro atoms. The molecule has 0 bridgehead atoms. The minimum Gasteiger partial charge on any atom is -0.390 e. The third kappa shape index (κ3) is 2.01. The van der Waals surface area contributed by atoms with Gasteiger partial charge >= 0.3 is 0 Å². The lowest BCUT2D eigenvalue weighted by Crippen LogP contribution is -2.69. The van der Waals surface area contributed by atoms with E-state index in [0.717, 1.165) is 5.57 Å². The topological polar surface area (TPSA) is 102 Å². The Balaban J connectivity index is 1.84. The smallest absolute Gasteiger partial charge is 0.190 e. The number of alkyl halides is 1. The van der Waals surface area contributed by atoms with Crippen molar-refractivity contribution in [2.24, 2.45) is 28.6 Å². The van der Waals surface area contributed by atoms with Crippen molar-refractivity contribution in [3.8, 4) is 0 Å². The van der Waals surface area contributed by atoms with Crippen LogP contribution in [0.15, 0.2) is 23.8 Å². The van der Waals surface area contributed by atoms with Crippen LogP contribution in [-0.2, 0) is 4.79 Å². The number of Topliss-reactive ketones (excluding diaryl/α,β-unsaturated/α-hetero) is 1. The second-order valence-electron chi connectivity index (χ2n) is 9.80. The van der Waals surface area contributed by atoms with E-state index >= 15 is 4.39 Å². The van der Waals surface area contributed by atoms with Crippen molar-refractivity contribution in [3.63, 3.8) is 0 Å². The van der Waals surface area contributed by atoms with Crippen molar-refractivity contribution < 1.29 is 24.5 Å². The number of hydrogen-bond donors (Lipinski definition) is 4. The van der Waals surface area contributed by atoms with Gasteiger partial charge in [-0.1, -0.05) is 25.5 Å². The molecule has 4 rings (SSSR count). The maximum absolute atomic E-state index is 16.9. The Kier molecular flexibility index (Phi) is 4.15. The fourth-order valence-electron chi connectivity index (χ4n) is 7.28. The molecule has 0 unspecified atom stereocenters. The van der Waals surface area contributed by atoms with Crippen LogP contribution < -0.4 is 0 Å². The van der Waals surface area contributed by atoms with Gasteiger partial charge in [0.2, 0.25) is 0 Å². The Morgan fingerprint density at radius 1 is 1.36 bits per heavy atom. The van der Waals surface area contributed by atoms with Crippen molar-refractivity contribution in [2.75, 3.05) is 6.61 Å². The average molecular weight is 391 g/mol. The van der Waals surface area contributed by atoms with Gasteiger partial charge in [0.1, 0.15) is 12.2 Å². The summed E-state index contributed by atoms with van der Waals surface area (Å²) in [6, 6.07) is 0. The number of ketones is 1. The standard InChI is InChI=1S/C22H30FNO4/c1-12-8-16-15-5-4-13-9-14(24)6-7-19(13,2)21(15,23)17(26)10-20(16,3)22(12,28)18(27)11-25/h6-7,9,12,15-17,24-26,28H,4-5,8,10-11H2,1-3H3/t12-,15+,16+,17+,19+,20+,21+,22+/m1/s1. The molecule has 4 aliphatic carbocycles. The molecular weight excluding hydrogens is 361 g/mol. The fourth-order valence-corrected chi connectivity index (χ4v) is 7.28. The number of carbonyl (C=O) groups is 1. The Morgan fingerprint density at radius 2 is 2.04 bits per heavy atom. The van der Waals surface area contributed by atoms with Crippen LogP contribution in [0.5, 0.6) is 0 Å². The molecule has 0 heterocycles. The predicted molar refractivity (Wildman–Crippen MR) is 103 cm³/mol. The Labute approximate surface area is 164 Å². The van der Waals surface area contributed by atoms with Crippen LogP contribution in [0.4, 0.5) is 4.39 Å². The summed E-state index contributed by atoms with van der Waals surface area (Å²) in [5.41, 5.74) is -4.53. The van der Waals surface area contributed by atoms with E-state index in [2.05, 4.69) is 0 Å². The van der Waals surface area contributed by atoms with Gasteiger partial charge in [-0.05, 0) is 56.6 Å². The zero-order valence-electron chi connectivity index (χ0n) is 16.7. The lowest BCUT2D eigenvalue weighted by Gasteiger charge is -2.62. The monoisotopic (exact) mass is 391 g/mol. The van der Waals surface area contributed by atoms with Gasteiger partial charge in [-0.15, -0.1) is 0 Å². The number of nitrogens with one attached hydrogen (secondary N) is 1. The van der Waals surface area contributed by atoms with Crippen molar-refractivity contribution in [2.45, 2.75) is 63.8 Å². The number of allylic oxidation sites excluding steroid dienone is 4. The highest BCUT2D eigenvalue weighted by Crippen LogP contribution is 2.70. The van der Waals surface area contributed by atoms with Crippen LogP contribution >= 0.6 is 0 Å². The normalized spacial score (nSPS) is 52.5. The van der Waals surface area contributed by atoms with E-state index in [9.17, 15) is 20.1 Å². The number of carbonyl (C=O) groups excluding carboxylic acids is 1. The number of rotatable bonds is 2. The Hall–Kier alpha value is -1.37. The minimum atomic E-state index is -1.92. The molecule has 5 nitrogen and oxygen atoms in total. The molecule has 28 heavy (non-hydrogen) atoms. The van der Waals surface area contributed by atoms with Gasteiger partial charge in [0.05, 0.1) is 11.8 Å². The molecule has 0 aromatic rings. The summed E-state index contributed by atoms with van der Waals surface area (Å²) in [5, 5.41) is 39.9. The van der Waals surface area contributed by atoms with Crippen molar-refractivity contribution in [3.05, 3.63) is 23.8 Å². The molecule has 0 saturated heterocycles. The van der Waals surface area contributed by atoms with E-state index in [1.807, 2.05) is 0 Å². The molecule has 0 aromatic heterocycles. The molecule has 154 valence electrons. The van der Waals surface area contributed by atoms with Gasteiger partial charge in [0.15, 0.2) is 11.5 Å². The zero-order valence-corrected chi connectivity index (χ0v) is 16.7. The van der Waals surface area contributed by atoms with Gasteiger partial charge in [-0.2, -0.15) is 0 Å². The third-order valence-corrected chi connectivity index (χ3v) is 8.82.